The molecule has 128 valence electrons. The SMILES string of the molecule is Cc1ccccc1OCC(=O)NCC1CCCN(c2nccs2)C1. The van der Waals surface area contributed by atoms with Crippen LogP contribution in [0.25, 0.3) is 0 Å². The van der Waals surface area contributed by atoms with E-state index in [1.54, 1.807) is 11.3 Å². The van der Waals surface area contributed by atoms with Gasteiger partial charge in [0.25, 0.3) is 5.91 Å². The number of hydrogen-bond acceptors (Lipinski definition) is 5. The van der Waals surface area contributed by atoms with E-state index in [1.165, 1.54) is 0 Å². The van der Waals surface area contributed by atoms with Crippen LogP contribution in [0.3, 0.4) is 0 Å². The molecule has 0 spiro atoms. The van der Waals surface area contributed by atoms with E-state index in [-0.39, 0.29) is 12.5 Å². The molecule has 5 nitrogen and oxygen atoms in total. The number of hydrogen-bond donors (Lipinski definition) is 1. The molecular weight excluding hydrogens is 322 g/mol. The van der Waals surface area contributed by atoms with E-state index in [1.807, 2.05) is 42.8 Å². The standard InChI is InChI=1S/C18H23N3O2S/c1-14-5-2-3-7-16(14)23-13-17(22)20-11-15-6-4-9-21(12-15)18-19-8-10-24-18/h2-3,5,7-8,10,15H,4,6,9,11-13H2,1H3,(H,20,22). The van der Waals surface area contributed by atoms with Gasteiger partial charge in [-0.25, -0.2) is 4.98 Å². The smallest absolute Gasteiger partial charge is 0.257 e. The number of carbonyl (C=O) groups excluding carboxylic acids is 1. The highest BCUT2D eigenvalue weighted by Crippen LogP contribution is 2.24. The maximum atomic E-state index is 12.0. The van der Waals surface area contributed by atoms with E-state index in [0.717, 1.165) is 42.4 Å². The van der Waals surface area contributed by atoms with Crippen molar-refractivity contribution >= 4 is 22.4 Å². The minimum Gasteiger partial charge on any atom is -0.484 e. The van der Waals surface area contributed by atoms with Gasteiger partial charge in [-0.1, -0.05) is 18.2 Å². The fourth-order valence-corrected chi connectivity index (χ4v) is 3.63. The molecule has 0 radical (unpaired) electrons. The number of benzene rings is 1. The molecule has 1 aromatic carbocycles. The van der Waals surface area contributed by atoms with E-state index in [9.17, 15) is 4.79 Å². The lowest BCUT2D eigenvalue weighted by Crippen LogP contribution is -2.42. The third-order valence-electron chi connectivity index (χ3n) is 4.25. The average Bonchev–Trinajstić information content (AvgIpc) is 3.14. The van der Waals surface area contributed by atoms with Gasteiger partial charge in [-0.2, -0.15) is 0 Å². The molecule has 2 heterocycles. The number of nitrogens with zero attached hydrogens (tertiary/aromatic N) is 2. The van der Waals surface area contributed by atoms with Gasteiger partial charge >= 0.3 is 0 Å². The van der Waals surface area contributed by atoms with Gasteiger partial charge in [0.1, 0.15) is 5.75 Å². The lowest BCUT2D eigenvalue weighted by molar-refractivity contribution is -0.123. The molecule has 0 bridgehead atoms. The summed E-state index contributed by atoms with van der Waals surface area (Å²) < 4.78 is 5.59. The highest BCUT2D eigenvalue weighted by molar-refractivity contribution is 7.13. The van der Waals surface area contributed by atoms with Crippen LogP contribution < -0.4 is 15.0 Å². The van der Waals surface area contributed by atoms with Crippen LogP contribution in [0.4, 0.5) is 5.13 Å². The number of carbonyl (C=O) groups is 1. The van der Waals surface area contributed by atoms with E-state index in [0.29, 0.717) is 12.5 Å². The molecule has 1 atom stereocenters. The first-order valence-electron chi connectivity index (χ1n) is 8.32. The van der Waals surface area contributed by atoms with Gasteiger partial charge in [-0.3, -0.25) is 4.79 Å². The Hall–Kier alpha value is -2.08. The van der Waals surface area contributed by atoms with E-state index < -0.39 is 0 Å². The van der Waals surface area contributed by atoms with E-state index >= 15 is 0 Å². The summed E-state index contributed by atoms with van der Waals surface area (Å²) in [5.74, 6) is 1.16. The Labute approximate surface area is 146 Å². The van der Waals surface area contributed by atoms with Crippen molar-refractivity contribution in [2.24, 2.45) is 5.92 Å². The van der Waals surface area contributed by atoms with E-state index in [4.69, 9.17) is 4.74 Å². The number of aryl methyl sites for hydroxylation is 1. The minimum atomic E-state index is -0.0652. The quantitative estimate of drug-likeness (QED) is 0.875. The van der Waals surface area contributed by atoms with Gasteiger partial charge < -0.3 is 15.0 Å². The molecule has 1 amide bonds. The Kier molecular flexibility index (Phi) is 5.69. The number of nitrogens with one attached hydrogen (secondary N) is 1. The zero-order valence-corrected chi connectivity index (χ0v) is 14.7. The van der Waals surface area contributed by atoms with Crippen LogP contribution in [0.1, 0.15) is 18.4 Å². The Balaban J connectivity index is 1.42. The number of para-hydroxylation sites is 1. The van der Waals surface area contributed by atoms with Crippen LogP contribution in [0.15, 0.2) is 35.8 Å². The Morgan fingerprint density at radius 3 is 3.12 bits per heavy atom. The molecule has 1 unspecified atom stereocenters. The third-order valence-corrected chi connectivity index (χ3v) is 5.08. The molecule has 1 aromatic heterocycles. The molecular formula is C18H23N3O2S. The summed E-state index contributed by atoms with van der Waals surface area (Å²) in [5.41, 5.74) is 1.04. The zero-order valence-electron chi connectivity index (χ0n) is 13.9. The Morgan fingerprint density at radius 1 is 1.46 bits per heavy atom. The van der Waals surface area contributed by atoms with Crippen LogP contribution >= 0.6 is 11.3 Å². The van der Waals surface area contributed by atoms with Crippen LogP contribution in [0, 0.1) is 12.8 Å². The van der Waals surface area contributed by atoms with Crippen LogP contribution in [-0.4, -0.2) is 37.1 Å². The second-order valence-corrected chi connectivity index (χ2v) is 7.00. The number of amides is 1. The second kappa shape index (κ2) is 8.15. The molecule has 0 aliphatic carbocycles. The second-order valence-electron chi connectivity index (χ2n) is 6.13. The molecule has 3 rings (SSSR count). The topological polar surface area (TPSA) is 54.5 Å². The van der Waals surface area contributed by atoms with Crippen LogP contribution in [0.2, 0.25) is 0 Å². The predicted molar refractivity (Wildman–Crippen MR) is 96.7 cm³/mol. The van der Waals surface area contributed by atoms with Gasteiger partial charge in [-0.05, 0) is 37.3 Å². The number of anilines is 1. The van der Waals surface area contributed by atoms with Crippen molar-refractivity contribution in [1.82, 2.24) is 10.3 Å². The first-order valence-corrected chi connectivity index (χ1v) is 9.20. The van der Waals surface area contributed by atoms with Crippen LogP contribution in [-0.2, 0) is 4.79 Å². The summed E-state index contributed by atoms with van der Waals surface area (Å²) >= 11 is 1.67. The number of rotatable bonds is 6. The van der Waals surface area contributed by atoms with Crippen molar-refractivity contribution in [2.45, 2.75) is 19.8 Å². The summed E-state index contributed by atoms with van der Waals surface area (Å²) in [6, 6.07) is 7.73. The van der Waals surface area contributed by atoms with Crippen molar-refractivity contribution in [3.8, 4) is 5.75 Å². The van der Waals surface area contributed by atoms with Crippen molar-refractivity contribution < 1.29 is 9.53 Å². The number of aromatic nitrogens is 1. The van der Waals surface area contributed by atoms with Crippen molar-refractivity contribution in [1.29, 1.82) is 0 Å². The molecule has 1 aliphatic heterocycles. The molecule has 2 aromatic rings. The third kappa shape index (κ3) is 4.47. The molecule has 0 saturated carbocycles. The average molecular weight is 345 g/mol. The fourth-order valence-electron chi connectivity index (χ4n) is 2.95. The summed E-state index contributed by atoms with van der Waals surface area (Å²) in [6.07, 6.45) is 4.12. The maximum absolute atomic E-state index is 12.0. The summed E-state index contributed by atoms with van der Waals surface area (Å²) in [6.45, 7) is 4.73. The highest BCUT2D eigenvalue weighted by atomic mass is 32.1. The number of thiazole rings is 1. The summed E-state index contributed by atoms with van der Waals surface area (Å²) in [7, 11) is 0. The van der Waals surface area contributed by atoms with Crippen molar-refractivity contribution in [2.75, 3.05) is 31.1 Å². The Bertz CT molecular complexity index is 660. The molecule has 24 heavy (non-hydrogen) atoms. The first-order chi connectivity index (χ1) is 11.7. The largest absolute Gasteiger partial charge is 0.484 e. The minimum absolute atomic E-state index is 0.0633. The van der Waals surface area contributed by atoms with Gasteiger partial charge in [-0.15, -0.1) is 11.3 Å². The molecule has 1 saturated heterocycles. The van der Waals surface area contributed by atoms with Crippen molar-refractivity contribution in [3.63, 3.8) is 0 Å². The highest BCUT2D eigenvalue weighted by Gasteiger charge is 2.21. The van der Waals surface area contributed by atoms with Gasteiger partial charge in [0.2, 0.25) is 0 Å². The van der Waals surface area contributed by atoms with Crippen LogP contribution in [0.5, 0.6) is 5.75 Å². The van der Waals surface area contributed by atoms with Crippen molar-refractivity contribution in [3.05, 3.63) is 41.4 Å². The number of piperidine rings is 1. The fraction of sp³-hybridized carbons (Fsp3) is 0.444. The number of ether oxygens (including phenoxy) is 1. The Morgan fingerprint density at radius 2 is 2.33 bits per heavy atom. The molecule has 1 aliphatic rings. The van der Waals surface area contributed by atoms with Gasteiger partial charge in [0.15, 0.2) is 11.7 Å². The monoisotopic (exact) mass is 345 g/mol. The molecule has 1 fully saturated rings. The molecule has 1 N–H and O–H groups in total. The zero-order chi connectivity index (χ0) is 16.8. The van der Waals surface area contributed by atoms with Gasteiger partial charge in [0, 0.05) is 31.2 Å². The maximum Gasteiger partial charge on any atom is 0.257 e. The summed E-state index contributed by atoms with van der Waals surface area (Å²) in [5, 5.41) is 6.08. The van der Waals surface area contributed by atoms with E-state index in [2.05, 4.69) is 15.2 Å². The van der Waals surface area contributed by atoms with Gasteiger partial charge in [0.05, 0.1) is 0 Å². The normalized spacial score (nSPS) is 17.5. The predicted octanol–water partition coefficient (Wildman–Crippen LogP) is 2.86. The summed E-state index contributed by atoms with van der Waals surface area (Å²) in [4.78, 5) is 18.7. The first kappa shape index (κ1) is 16.8. The molecule has 6 heteroatoms. The lowest BCUT2D eigenvalue weighted by atomic mass is 9.98. The lowest BCUT2D eigenvalue weighted by Gasteiger charge is -2.32.